The van der Waals surface area contributed by atoms with Gasteiger partial charge in [-0.15, -0.1) is 0 Å². The molecule has 0 aromatic rings. The zero-order valence-electron chi connectivity index (χ0n) is 14.7. The molecule has 2 atom stereocenters. The van der Waals surface area contributed by atoms with Crippen molar-refractivity contribution in [1.82, 2.24) is 4.90 Å². The average Bonchev–Trinajstić information content (AvgIpc) is 2.42. The van der Waals surface area contributed by atoms with Crippen LogP contribution >= 0.6 is 12.6 Å². The largest absolute Gasteiger partial charge is 0.374 e. The lowest BCUT2D eigenvalue weighted by Gasteiger charge is -2.45. The minimum atomic E-state index is 0.0287. The predicted molar refractivity (Wildman–Crippen MR) is 95.6 cm³/mol. The Morgan fingerprint density at radius 3 is 2.19 bits per heavy atom. The molecule has 3 heteroatoms. The molecular weight excluding hydrogens is 276 g/mol. The SMILES string of the molecule is CC1=C(N2CCC(C)CC2)C(C)(C)C(S)C(N)CC1(C)C. The maximum atomic E-state index is 6.48. The first-order valence-corrected chi connectivity index (χ1v) is 8.99. The Morgan fingerprint density at radius 1 is 1.14 bits per heavy atom. The molecule has 0 amide bonds. The summed E-state index contributed by atoms with van der Waals surface area (Å²) in [5, 5.41) is 0.212. The summed E-state index contributed by atoms with van der Waals surface area (Å²) in [7, 11) is 0. The lowest BCUT2D eigenvalue weighted by molar-refractivity contribution is 0.184. The van der Waals surface area contributed by atoms with Crippen LogP contribution in [0.5, 0.6) is 0 Å². The smallest absolute Gasteiger partial charge is 0.0274 e. The molecule has 0 bridgehead atoms. The summed E-state index contributed by atoms with van der Waals surface area (Å²) in [5.74, 6) is 0.859. The predicted octanol–water partition coefficient (Wildman–Crippen LogP) is 4.07. The minimum Gasteiger partial charge on any atom is -0.374 e. The van der Waals surface area contributed by atoms with Gasteiger partial charge in [-0.3, -0.25) is 0 Å². The van der Waals surface area contributed by atoms with Gasteiger partial charge in [0.2, 0.25) is 0 Å². The van der Waals surface area contributed by atoms with Gasteiger partial charge in [0.15, 0.2) is 0 Å². The number of nitrogens with zero attached hydrogens (tertiary/aromatic N) is 1. The van der Waals surface area contributed by atoms with Crippen molar-refractivity contribution in [3.63, 3.8) is 0 Å². The van der Waals surface area contributed by atoms with Gasteiger partial charge in [0.1, 0.15) is 0 Å². The quantitative estimate of drug-likeness (QED) is 0.715. The topological polar surface area (TPSA) is 29.3 Å². The number of allylic oxidation sites excluding steroid dienone is 2. The van der Waals surface area contributed by atoms with Crippen molar-refractivity contribution in [2.45, 2.75) is 72.1 Å². The molecule has 1 aliphatic heterocycles. The summed E-state index contributed by atoms with van der Waals surface area (Å²) in [6.45, 7) is 16.4. The van der Waals surface area contributed by atoms with Gasteiger partial charge in [0.05, 0.1) is 0 Å². The van der Waals surface area contributed by atoms with Gasteiger partial charge in [-0.1, -0.05) is 34.6 Å². The van der Waals surface area contributed by atoms with E-state index in [1.54, 1.807) is 0 Å². The van der Waals surface area contributed by atoms with Crippen molar-refractivity contribution < 1.29 is 0 Å². The molecule has 2 nitrogen and oxygen atoms in total. The lowest BCUT2D eigenvalue weighted by Crippen LogP contribution is -2.46. The first-order chi connectivity index (χ1) is 9.57. The van der Waals surface area contributed by atoms with Crippen LogP contribution in [0.4, 0.5) is 0 Å². The summed E-state index contributed by atoms with van der Waals surface area (Å²) >= 11 is 4.93. The molecule has 2 N–H and O–H groups in total. The van der Waals surface area contributed by atoms with Crippen molar-refractivity contribution in [2.24, 2.45) is 22.5 Å². The Bertz CT molecular complexity index is 417. The highest BCUT2D eigenvalue weighted by Crippen LogP contribution is 2.49. The lowest BCUT2D eigenvalue weighted by atomic mass is 9.78. The zero-order valence-corrected chi connectivity index (χ0v) is 15.6. The summed E-state index contributed by atoms with van der Waals surface area (Å²) in [6.07, 6.45) is 3.62. The summed E-state index contributed by atoms with van der Waals surface area (Å²) in [6, 6.07) is 0.148. The Balaban J connectivity index is 2.45. The van der Waals surface area contributed by atoms with E-state index in [1.807, 2.05) is 0 Å². The van der Waals surface area contributed by atoms with Gasteiger partial charge in [-0.2, -0.15) is 12.6 Å². The summed E-state index contributed by atoms with van der Waals surface area (Å²) < 4.78 is 0. The highest BCUT2D eigenvalue weighted by molar-refractivity contribution is 7.81. The van der Waals surface area contributed by atoms with Crippen molar-refractivity contribution >= 4 is 12.6 Å². The number of nitrogens with two attached hydrogens (primary N) is 1. The maximum absolute atomic E-state index is 6.48. The summed E-state index contributed by atoms with van der Waals surface area (Å²) in [5.41, 5.74) is 9.71. The van der Waals surface area contributed by atoms with E-state index in [0.29, 0.717) is 0 Å². The van der Waals surface area contributed by atoms with E-state index in [1.165, 1.54) is 37.2 Å². The van der Waals surface area contributed by atoms with E-state index in [4.69, 9.17) is 18.4 Å². The average molecular weight is 311 g/mol. The fourth-order valence-corrected chi connectivity index (χ4v) is 4.44. The number of rotatable bonds is 1. The molecule has 1 aliphatic carbocycles. The van der Waals surface area contributed by atoms with E-state index in [9.17, 15) is 0 Å². The first-order valence-electron chi connectivity index (χ1n) is 8.48. The second-order valence-corrected chi connectivity index (χ2v) is 9.12. The fraction of sp³-hybridized carbons (Fsp3) is 0.889. The molecule has 2 rings (SSSR count). The van der Waals surface area contributed by atoms with Gasteiger partial charge in [0, 0.05) is 35.5 Å². The molecule has 2 aliphatic rings. The van der Waals surface area contributed by atoms with Crippen molar-refractivity contribution in [2.75, 3.05) is 13.1 Å². The van der Waals surface area contributed by atoms with Crippen LogP contribution in [0.25, 0.3) is 0 Å². The maximum Gasteiger partial charge on any atom is 0.0274 e. The van der Waals surface area contributed by atoms with Crippen LogP contribution in [0, 0.1) is 16.7 Å². The van der Waals surface area contributed by atoms with E-state index in [0.717, 1.165) is 12.3 Å². The van der Waals surface area contributed by atoms with Crippen molar-refractivity contribution in [3.8, 4) is 0 Å². The summed E-state index contributed by atoms with van der Waals surface area (Å²) in [4.78, 5) is 2.64. The van der Waals surface area contributed by atoms with Crippen molar-refractivity contribution in [1.29, 1.82) is 0 Å². The Labute approximate surface area is 136 Å². The highest BCUT2D eigenvalue weighted by Gasteiger charge is 2.45. The van der Waals surface area contributed by atoms with E-state index in [-0.39, 0.29) is 22.1 Å². The third-order valence-corrected chi connectivity index (χ3v) is 7.00. The van der Waals surface area contributed by atoms with Crippen LogP contribution in [0.1, 0.15) is 60.8 Å². The van der Waals surface area contributed by atoms with Gasteiger partial charge >= 0.3 is 0 Å². The standard InChI is InChI=1S/C18H34N2S/c1-12-7-9-20(10-8-12)15-13(2)17(3,4)11-14(19)16(21)18(15,5)6/h12,14,16,21H,7-11,19H2,1-6H3. The van der Waals surface area contributed by atoms with Crippen LogP contribution in [-0.4, -0.2) is 29.3 Å². The Hall–Kier alpha value is -0.150. The van der Waals surface area contributed by atoms with E-state index in [2.05, 4.69) is 46.4 Å². The number of hydrogen-bond donors (Lipinski definition) is 2. The molecule has 122 valence electrons. The second kappa shape index (κ2) is 5.81. The van der Waals surface area contributed by atoms with Crippen LogP contribution in [0.3, 0.4) is 0 Å². The molecule has 1 fully saturated rings. The molecule has 0 spiro atoms. The molecular formula is C18H34N2S. The van der Waals surface area contributed by atoms with Gasteiger partial charge in [-0.25, -0.2) is 0 Å². The Morgan fingerprint density at radius 2 is 1.67 bits per heavy atom. The van der Waals surface area contributed by atoms with Crippen LogP contribution in [-0.2, 0) is 0 Å². The van der Waals surface area contributed by atoms with Crippen LogP contribution in [0.15, 0.2) is 11.3 Å². The van der Waals surface area contributed by atoms with Gasteiger partial charge < -0.3 is 10.6 Å². The number of thiol groups is 1. The molecule has 1 saturated heterocycles. The molecule has 0 aromatic heterocycles. The molecule has 0 aromatic carbocycles. The zero-order chi connectivity index (χ0) is 16.0. The Kier molecular flexibility index (Phi) is 4.76. The second-order valence-electron chi connectivity index (χ2n) is 8.56. The first kappa shape index (κ1) is 17.2. The monoisotopic (exact) mass is 310 g/mol. The fourth-order valence-electron chi connectivity index (χ4n) is 4.21. The molecule has 1 heterocycles. The molecule has 2 unspecified atom stereocenters. The van der Waals surface area contributed by atoms with Crippen LogP contribution in [0.2, 0.25) is 0 Å². The minimum absolute atomic E-state index is 0.0287. The van der Waals surface area contributed by atoms with Crippen LogP contribution < -0.4 is 5.73 Å². The third-order valence-electron chi connectivity index (χ3n) is 5.97. The number of likely N-dealkylation sites (tertiary alicyclic amines) is 1. The highest BCUT2D eigenvalue weighted by atomic mass is 32.1. The van der Waals surface area contributed by atoms with E-state index >= 15 is 0 Å². The number of piperidine rings is 1. The third kappa shape index (κ3) is 3.14. The molecule has 0 radical (unpaired) electrons. The molecule has 0 saturated carbocycles. The van der Waals surface area contributed by atoms with E-state index < -0.39 is 0 Å². The van der Waals surface area contributed by atoms with Gasteiger partial charge in [0.25, 0.3) is 0 Å². The molecule has 21 heavy (non-hydrogen) atoms. The van der Waals surface area contributed by atoms with Crippen molar-refractivity contribution in [3.05, 3.63) is 11.3 Å². The number of hydrogen-bond acceptors (Lipinski definition) is 3. The van der Waals surface area contributed by atoms with Gasteiger partial charge in [-0.05, 0) is 43.1 Å². The normalized spacial score (nSPS) is 34.0.